The smallest absolute Gasteiger partial charge is 0.222 e. The van der Waals surface area contributed by atoms with Gasteiger partial charge in [-0.15, -0.1) is 0 Å². The molecule has 6 nitrogen and oxygen atoms in total. The summed E-state index contributed by atoms with van der Waals surface area (Å²) >= 11 is 0. The fourth-order valence-electron chi connectivity index (χ4n) is 4.12. The van der Waals surface area contributed by atoms with E-state index in [1.807, 2.05) is 49.5 Å². The molecule has 0 saturated carbocycles. The van der Waals surface area contributed by atoms with Crippen LogP contribution < -0.4 is 9.47 Å². The third-order valence-corrected chi connectivity index (χ3v) is 6.32. The number of para-hydroxylation sites is 2. The lowest BCUT2D eigenvalue weighted by atomic mass is 10.1. The standard InChI is InChI=1S/C28H39N3O3/c1-6-8-16-23(32)19-31(21(3)7-2)20-24-27(22-14-10-9-11-15-22)29-30(4)28(24)34-26-18-13-12-17-25(26)33-5/h9-15,17-18,21,23,32H,6-8,16,19-20H2,1-5H3/t21-,23-/m1/s1. The van der Waals surface area contributed by atoms with Gasteiger partial charge < -0.3 is 14.6 Å². The minimum atomic E-state index is -0.357. The lowest BCUT2D eigenvalue weighted by molar-refractivity contribution is 0.0774. The lowest BCUT2D eigenvalue weighted by Gasteiger charge is -2.30. The molecule has 1 heterocycles. The van der Waals surface area contributed by atoms with E-state index >= 15 is 0 Å². The normalized spacial score (nSPS) is 13.1. The highest BCUT2D eigenvalue weighted by Crippen LogP contribution is 2.37. The van der Waals surface area contributed by atoms with E-state index in [9.17, 15) is 5.11 Å². The Bertz CT molecular complexity index is 1020. The number of rotatable bonds is 13. The van der Waals surface area contributed by atoms with Crippen molar-refractivity contribution in [3.63, 3.8) is 0 Å². The summed E-state index contributed by atoms with van der Waals surface area (Å²) < 4.78 is 13.8. The molecule has 1 aromatic heterocycles. The van der Waals surface area contributed by atoms with E-state index in [0.717, 1.165) is 42.5 Å². The van der Waals surface area contributed by atoms with E-state index < -0.39 is 0 Å². The summed E-state index contributed by atoms with van der Waals surface area (Å²) in [6, 6.07) is 18.1. The second-order valence-corrected chi connectivity index (χ2v) is 8.86. The SMILES string of the molecule is CCCC[C@@H](O)CN(Cc1c(-c2ccccc2)nn(C)c1Oc1ccccc1OC)[C@H](C)CC. The van der Waals surface area contributed by atoms with E-state index in [0.29, 0.717) is 36.5 Å². The molecule has 2 aromatic carbocycles. The first-order valence-electron chi connectivity index (χ1n) is 12.3. The van der Waals surface area contributed by atoms with E-state index in [-0.39, 0.29) is 6.10 Å². The molecule has 3 rings (SSSR count). The number of aliphatic hydroxyl groups is 1. The third-order valence-electron chi connectivity index (χ3n) is 6.32. The van der Waals surface area contributed by atoms with Gasteiger partial charge in [0.05, 0.1) is 18.8 Å². The van der Waals surface area contributed by atoms with Crippen molar-refractivity contribution in [2.45, 2.75) is 65.1 Å². The number of aliphatic hydroxyl groups excluding tert-OH is 1. The zero-order valence-corrected chi connectivity index (χ0v) is 21.2. The second kappa shape index (κ2) is 12.6. The Balaban J connectivity index is 2.02. The summed E-state index contributed by atoms with van der Waals surface area (Å²) in [5.74, 6) is 2.00. The number of hydrogen-bond donors (Lipinski definition) is 1. The highest BCUT2D eigenvalue weighted by molar-refractivity contribution is 5.66. The molecule has 184 valence electrons. The van der Waals surface area contributed by atoms with Crippen molar-refractivity contribution >= 4 is 0 Å². The molecule has 0 amide bonds. The summed E-state index contributed by atoms with van der Waals surface area (Å²) in [7, 11) is 3.55. The number of ether oxygens (including phenoxy) is 2. The molecule has 0 fully saturated rings. The summed E-state index contributed by atoms with van der Waals surface area (Å²) in [5, 5.41) is 15.6. The average molecular weight is 466 g/mol. The first kappa shape index (κ1) is 25.8. The molecule has 2 atom stereocenters. The van der Waals surface area contributed by atoms with Gasteiger partial charge >= 0.3 is 0 Å². The summed E-state index contributed by atoms with van der Waals surface area (Å²) in [6.07, 6.45) is 3.55. The monoisotopic (exact) mass is 465 g/mol. The van der Waals surface area contributed by atoms with Gasteiger partial charge in [0.15, 0.2) is 11.5 Å². The van der Waals surface area contributed by atoms with Crippen LogP contribution in [0.1, 0.15) is 52.0 Å². The number of aryl methyl sites for hydroxylation is 1. The van der Waals surface area contributed by atoms with Crippen LogP contribution in [-0.2, 0) is 13.6 Å². The Kier molecular flexibility index (Phi) is 9.54. The van der Waals surface area contributed by atoms with Crippen molar-refractivity contribution in [3.05, 3.63) is 60.2 Å². The molecule has 0 aliphatic rings. The van der Waals surface area contributed by atoms with Crippen LogP contribution in [0.15, 0.2) is 54.6 Å². The molecule has 6 heteroatoms. The van der Waals surface area contributed by atoms with Gasteiger partial charge in [-0.05, 0) is 31.9 Å². The molecular formula is C28H39N3O3. The van der Waals surface area contributed by atoms with Crippen molar-refractivity contribution in [3.8, 4) is 28.6 Å². The zero-order chi connectivity index (χ0) is 24.5. The molecule has 0 bridgehead atoms. The second-order valence-electron chi connectivity index (χ2n) is 8.86. The minimum Gasteiger partial charge on any atom is -0.493 e. The average Bonchev–Trinajstić information content (AvgIpc) is 3.17. The number of unbranched alkanes of at least 4 members (excludes halogenated alkanes) is 1. The van der Waals surface area contributed by atoms with Gasteiger partial charge in [-0.25, -0.2) is 4.68 Å². The summed E-state index contributed by atoms with van der Waals surface area (Å²) in [6.45, 7) is 7.80. The van der Waals surface area contributed by atoms with Gasteiger partial charge in [0.2, 0.25) is 5.88 Å². The highest BCUT2D eigenvalue weighted by atomic mass is 16.5. The van der Waals surface area contributed by atoms with Gasteiger partial charge in [-0.3, -0.25) is 4.90 Å². The third kappa shape index (κ3) is 6.39. The molecule has 34 heavy (non-hydrogen) atoms. The van der Waals surface area contributed by atoms with Crippen LogP contribution in [0.25, 0.3) is 11.3 Å². The van der Waals surface area contributed by atoms with Gasteiger partial charge in [0.25, 0.3) is 0 Å². The van der Waals surface area contributed by atoms with Crippen LogP contribution in [0.4, 0.5) is 0 Å². The van der Waals surface area contributed by atoms with Crippen LogP contribution in [0.2, 0.25) is 0 Å². The predicted molar refractivity (Wildman–Crippen MR) is 137 cm³/mol. The maximum absolute atomic E-state index is 10.7. The molecule has 0 spiro atoms. The number of aromatic nitrogens is 2. The van der Waals surface area contributed by atoms with Crippen molar-refractivity contribution in [1.82, 2.24) is 14.7 Å². The maximum atomic E-state index is 10.7. The Morgan fingerprint density at radius 1 is 1.03 bits per heavy atom. The van der Waals surface area contributed by atoms with Crippen molar-refractivity contribution in [2.24, 2.45) is 7.05 Å². The number of methoxy groups -OCH3 is 1. The maximum Gasteiger partial charge on any atom is 0.222 e. The minimum absolute atomic E-state index is 0.305. The molecule has 3 aromatic rings. The molecule has 0 radical (unpaired) electrons. The van der Waals surface area contributed by atoms with Gasteiger partial charge in [-0.1, -0.05) is 69.2 Å². The quantitative estimate of drug-likeness (QED) is 0.333. The summed E-state index contributed by atoms with van der Waals surface area (Å²) in [5.41, 5.74) is 2.94. The van der Waals surface area contributed by atoms with Crippen molar-refractivity contribution < 1.29 is 14.6 Å². The van der Waals surface area contributed by atoms with E-state index in [4.69, 9.17) is 14.6 Å². The topological polar surface area (TPSA) is 59.8 Å². The largest absolute Gasteiger partial charge is 0.493 e. The molecule has 0 aliphatic heterocycles. The van der Waals surface area contributed by atoms with Crippen molar-refractivity contribution in [2.75, 3.05) is 13.7 Å². The van der Waals surface area contributed by atoms with E-state index in [1.165, 1.54) is 0 Å². The van der Waals surface area contributed by atoms with Gasteiger partial charge in [0.1, 0.15) is 5.69 Å². The van der Waals surface area contributed by atoms with Crippen molar-refractivity contribution in [1.29, 1.82) is 0 Å². The van der Waals surface area contributed by atoms with Crippen LogP contribution in [0, 0.1) is 0 Å². The zero-order valence-electron chi connectivity index (χ0n) is 21.2. The molecular weight excluding hydrogens is 426 g/mol. The highest BCUT2D eigenvalue weighted by Gasteiger charge is 2.25. The van der Waals surface area contributed by atoms with Crippen LogP contribution >= 0.6 is 0 Å². The number of hydrogen-bond acceptors (Lipinski definition) is 5. The number of nitrogens with zero attached hydrogens (tertiary/aromatic N) is 3. The first-order valence-corrected chi connectivity index (χ1v) is 12.3. The fourth-order valence-corrected chi connectivity index (χ4v) is 4.12. The lowest BCUT2D eigenvalue weighted by Crippen LogP contribution is -2.38. The Morgan fingerprint density at radius 2 is 1.71 bits per heavy atom. The molecule has 1 N–H and O–H groups in total. The molecule has 0 aliphatic carbocycles. The van der Waals surface area contributed by atoms with E-state index in [2.05, 4.69) is 37.8 Å². The van der Waals surface area contributed by atoms with Crippen LogP contribution in [0.3, 0.4) is 0 Å². The van der Waals surface area contributed by atoms with Gasteiger partial charge in [-0.2, -0.15) is 5.10 Å². The molecule has 0 saturated heterocycles. The fraction of sp³-hybridized carbons (Fsp3) is 0.464. The number of benzene rings is 2. The van der Waals surface area contributed by atoms with Crippen LogP contribution in [-0.4, -0.2) is 45.6 Å². The Hall–Kier alpha value is -2.83. The van der Waals surface area contributed by atoms with Gasteiger partial charge in [0, 0.05) is 31.7 Å². The van der Waals surface area contributed by atoms with Crippen LogP contribution in [0.5, 0.6) is 17.4 Å². The molecule has 0 unspecified atom stereocenters. The Labute approximate surface area is 204 Å². The Morgan fingerprint density at radius 3 is 2.35 bits per heavy atom. The van der Waals surface area contributed by atoms with E-state index in [1.54, 1.807) is 11.8 Å². The first-order chi connectivity index (χ1) is 16.5. The summed E-state index contributed by atoms with van der Waals surface area (Å²) in [4.78, 5) is 2.35. The predicted octanol–water partition coefficient (Wildman–Crippen LogP) is 6.04.